The van der Waals surface area contributed by atoms with Crippen LogP contribution in [0.5, 0.6) is 0 Å². The van der Waals surface area contributed by atoms with E-state index < -0.39 is 11.9 Å². The summed E-state index contributed by atoms with van der Waals surface area (Å²) in [5.74, 6) is 0.847. The molecule has 0 bridgehead atoms. The van der Waals surface area contributed by atoms with Gasteiger partial charge in [0.05, 0.1) is 22.2 Å². The summed E-state index contributed by atoms with van der Waals surface area (Å²) in [5, 5.41) is 11.1. The molecule has 2 atom stereocenters. The minimum Gasteiger partial charge on any atom is -0.381 e. The predicted molar refractivity (Wildman–Crippen MR) is 195 cm³/mol. The fourth-order valence-corrected chi connectivity index (χ4v) is 9.19. The number of pyridine rings is 1. The van der Waals surface area contributed by atoms with E-state index in [9.17, 15) is 19.2 Å². The van der Waals surface area contributed by atoms with Gasteiger partial charge in [0, 0.05) is 98.9 Å². The van der Waals surface area contributed by atoms with E-state index in [0.717, 1.165) is 94.4 Å². The maximum absolute atomic E-state index is 13.2. The number of thiophene rings is 1. The normalized spacial score (nSPS) is 22.0. The summed E-state index contributed by atoms with van der Waals surface area (Å²) in [6.07, 6.45) is 0.548. The molecule has 14 heteroatoms. The first-order valence-electron chi connectivity index (χ1n) is 17.4. The van der Waals surface area contributed by atoms with Gasteiger partial charge in [-0.3, -0.25) is 33.7 Å². The number of fused-ring (bicyclic) bond motifs is 6. The number of amides is 3. The lowest BCUT2D eigenvalue weighted by molar-refractivity contribution is -0.135. The Hall–Kier alpha value is -4.95. The van der Waals surface area contributed by atoms with Crippen LogP contribution in [-0.4, -0.2) is 95.1 Å². The average molecular weight is 694 g/mol. The average Bonchev–Trinajstić information content (AvgIpc) is 3.54. The highest BCUT2D eigenvalue weighted by Crippen LogP contribution is 2.41. The van der Waals surface area contributed by atoms with E-state index in [1.807, 2.05) is 25.1 Å². The Balaban J connectivity index is 0.831. The summed E-state index contributed by atoms with van der Waals surface area (Å²) in [5.41, 5.74) is 4.17. The SMILES string of the molecule is C[C@@H]1CNc2c(sc3ccc4nc(N5CC(CN6CCN(c7ccc8c(c7)n(C)c(=O)n8C7CCC(=O)NC7=O)CC6)C5)ccc4c23)C(=O)N1. The number of nitrogens with zero attached hydrogens (tertiary/aromatic N) is 6. The summed E-state index contributed by atoms with van der Waals surface area (Å²) in [4.78, 5) is 63.3. The number of imide groups is 1. The van der Waals surface area contributed by atoms with Crippen LogP contribution >= 0.6 is 11.3 Å². The number of nitrogens with one attached hydrogen (secondary N) is 3. The second kappa shape index (κ2) is 11.8. The van der Waals surface area contributed by atoms with Crippen molar-refractivity contribution < 1.29 is 14.4 Å². The van der Waals surface area contributed by atoms with Crippen LogP contribution in [-0.2, 0) is 16.6 Å². The number of carbonyl (C=O) groups is 3. The number of hydrogen-bond donors (Lipinski definition) is 3. The Morgan fingerprint density at radius 1 is 0.940 bits per heavy atom. The van der Waals surface area contributed by atoms with Crippen molar-refractivity contribution in [2.24, 2.45) is 13.0 Å². The van der Waals surface area contributed by atoms with Crippen LogP contribution in [0.4, 0.5) is 17.2 Å². The lowest BCUT2D eigenvalue weighted by Gasteiger charge is -2.44. The highest BCUT2D eigenvalue weighted by atomic mass is 32.1. The standard InChI is InChI=1S/C36H39N9O4S/c1-20-16-37-32-31-23-4-9-29(39-24(23)5-8-28(31)50-33(32)35(48)38-20)44-18-21(19-44)17-42-11-13-43(14-12-42)22-3-6-25-27(15-22)41(2)36(49)45(25)26-7-10-30(46)40-34(26)47/h3-6,8-9,15,20-21,26,37H,7,10-14,16-19H2,1-2H3,(H,38,48)(H,40,46,47)/t20-,26?/m1/s1. The first kappa shape index (κ1) is 31.1. The Morgan fingerprint density at radius 3 is 2.56 bits per heavy atom. The van der Waals surface area contributed by atoms with Crippen molar-refractivity contribution in [3.05, 3.63) is 57.8 Å². The Bertz CT molecular complexity index is 2280. The zero-order valence-electron chi connectivity index (χ0n) is 28.1. The molecule has 4 aliphatic heterocycles. The molecule has 258 valence electrons. The number of imidazole rings is 1. The van der Waals surface area contributed by atoms with Gasteiger partial charge in [-0.25, -0.2) is 9.78 Å². The molecule has 0 saturated carbocycles. The third-order valence-electron chi connectivity index (χ3n) is 10.8. The van der Waals surface area contributed by atoms with Gasteiger partial charge in [-0.05, 0) is 55.8 Å². The third kappa shape index (κ3) is 5.11. The van der Waals surface area contributed by atoms with Crippen LogP contribution in [0.15, 0.2) is 47.3 Å². The first-order valence-corrected chi connectivity index (χ1v) is 18.2. The number of piperazine rings is 1. The predicted octanol–water partition coefficient (Wildman–Crippen LogP) is 2.88. The second-order valence-electron chi connectivity index (χ2n) is 14.1. The van der Waals surface area contributed by atoms with Crippen LogP contribution in [0.2, 0.25) is 0 Å². The molecule has 0 spiro atoms. The van der Waals surface area contributed by atoms with Gasteiger partial charge in [0.2, 0.25) is 11.8 Å². The summed E-state index contributed by atoms with van der Waals surface area (Å²) in [6.45, 7) is 9.42. The lowest BCUT2D eigenvalue weighted by atomic mass is 9.98. The largest absolute Gasteiger partial charge is 0.381 e. The topological polar surface area (TPSA) is 137 Å². The van der Waals surface area contributed by atoms with Gasteiger partial charge < -0.3 is 20.4 Å². The fourth-order valence-electron chi connectivity index (χ4n) is 8.10. The molecule has 0 aliphatic carbocycles. The minimum atomic E-state index is -0.683. The molecular weight excluding hydrogens is 655 g/mol. The number of anilines is 3. The van der Waals surface area contributed by atoms with Crippen molar-refractivity contribution in [3.63, 3.8) is 0 Å². The molecule has 3 saturated heterocycles. The molecule has 4 aliphatic rings. The van der Waals surface area contributed by atoms with Gasteiger partial charge in [0.1, 0.15) is 16.7 Å². The van der Waals surface area contributed by atoms with Gasteiger partial charge in [-0.2, -0.15) is 0 Å². The molecule has 3 N–H and O–H groups in total. The summed E-state index contributed by atoms with van der Waals surface area (Å²) >= 11 is 1.53. The van der Waals surface area contributed by atoms with Crippen LogP contribution in [0.3, 0.4) is 0 Å². The highest BCUT2D eigenvalue weighted by molar-refractivity contribution is 7.21. The van der Waals surface area contributed by atoms with Crippen molar-refractivity contribution in [1.82, 2.24) is 29.7 Å². The maximum atomic E-state index is 13.2. The molecule has 0 radical (unpaired) electrons. The summed E-state index contributed by atoms with van der Waals surface area (Å²) < 4.78 is 4.22. The van der Waals surface area contributed by atoms with E-state index >= 15 is 0 Å². The van der Waals surface area contributed by atoms with Crippen LogP contribution in [0.1, 0.15) is 35.5 Å². The van der Waals surface area contributed by atoms with E-state index in [1.54, 1.807) is 11.6 Å². The summed E-state index contributed by atoms with van der Waals surface area (Å²) in [7, 11) is 1.73. The number of benzene rings is 2. The van der Waals surface area contributed by atoms with Gasteiger partial charge in [-0.15, -0.1) is 11.3 Å². The molecule has 3 fully saturated rings. The maximum Gasteiger partial charge on any atom is 0.329 e. The van der Waals surface area contributed by atoms with Crippen molar-refractivity contribution in [1.29, 1.82) is 0 Å². The van der Waals surface area contributed by atoms with Crippen molar-refractivity contribution in [3.8, 4) is 0 Å². The van der Waals surface area contributed by atoms with E-state index in [0.29, 0.717) is 24.4 Å². The number of carbonyl (C=O) groups excluding carboxylic acids is 3. The van der Waals surface area contributed by atoms with E-state index in [2.05, 4.69) is 54.9 Å². The van der Waals surface area contributed by atoms with E-state index in [-0.39, 0.29) is 30.0 Å². The van der Waals surface area contributed by atoms with Crippen molar-refractivity contribution in [2.75, 3.05) is 67.5 Å². The fraction of sp³-hybridized carbons (Fsp3) is 0.417. The number of hydrogen-bond acceptors (Lipinski definition) is 10. The van der Waals surface area contributed by atoms with Crippen molar-refractivity contribution in [2.45, 2.75) is 31.8 Å². The second-order valence-corrected chi connectivity index (χ2v) is 15.2. The molecule has 50 heavy (non-hydrogen) atoms. The minimum absolute atomic E-state index is 0.0155. The van der Waals surface area contributed by atoms with Gasteiger partial charge in [0.15, 0.2) is 0 Å². The number of aryl methyl sites for hydroxylation is 1. The Kier molecular flexibility index (Phi) is 7.35. The molecule has 5 aromatic rings. The molecule has 9 rings (SSSR count). The zero-order chi connectivity index (χ0) is 34.3. The van der Waals surface area contributed by atoms with E-state index in [4.69, 9.17) is 4.98 Å². The van der Waals surface area contributed by atoms with E-state index in [1.165, 1.54) is 15.9 Å². The van der Waals surface area contributed by atoms with Gasteiger partial charge in [-0.1, -0.05) is 0 Å². The zero-order valence-corrected chi connectivity index (χ0v) is 28.9. The quantitative estimate of drug-likeness (QED) is 0.238. The monoisotopic (exact) mass is 693 g/mol. The molecule has 3 amide bonds. The molecule has 3 aromatic heterocycles. The molecule has 13 nitrogen and oxygen atoms in total. The van der Waals surface area contributed by atoms with Crippen LogP contribution < -0.4 is 31.4 Å². The highest BCUT2D eigenvalue weighted by Gasteiger charge is 2.33. The molecule has 7 heterocycles. The van der Waals surface area contributed by atoms with Gasteiger partial charge in [0.25, 0.3) is 5.91 Å². The molecule has 1 unspecified atom stereocenters. The Labute approximate surface area is 291 Å². The number of piperidine rings is 1. The van der Waals surface area contributed by atoms with Crippen LogP contribution in [0, 0.1) is 5.92 Å². The summed E-state index contributed by atoms with van der Waals surface area (Å²) in [6, 6.07) is 13.8. The van der Waals surface area contributed by atoms with Crippen LogP contribution in [0.25, 0.3) is 32.0 Å². The third-order valence-corrected chi connectivity index (χ3v) is 12.0. The first-order chi connectivity index (χ1) is 24.2. The van der Waals surface area contributed by atoms with Gasteiger partial charge >= 0.3 is 5.69 Å². The molecule has 2 aromatic carbocycles. The Morgan fingerprint density at radius 2 is 1.76 bits per heavy atom. The smallest absolute Gasteiger partial charge is 0.329 e. The number of rotatable bonds is 5. The molecular formula is C36H39N9O4S. The van der Waals surface area contributed by atoms with Crippen molar-refractivity contribution >= 4 is 78.3 Å². The number of aromatic nitrogens is 3. The lowest BCUT2D eigenvalue weighted by Crippen LogP contribution is -2.55.